The molecule has 1 saturated heterocycles. The second-order valence-electron chi connectivity index (χ2n) is 3.80. The number of carbonyl (C=O) groups excluding carboxylic acids is 1. The Bertz CT molecular complexity index is 208. The van der Waals surface area contributed by atoms with Gasteiger partial charge in [-0.1, -0.05) is 6.92 Å². The zero-order valence-electron chi connectivity index (χ0n) is 9.22. The summed E-state index contributed by atoms with van der Waals surface area (Å²) in [7, 11) is 1.83. The molecular weight excluding hydrogens is 180 g/mol. The van der Waals surface area contributed by atoms with Crippen LogP contribution >= 0.6 is 0 Å². The van der Waals surface area contributed by atoms with Gasteiger partial charge in [0.15, 0.2) is 0 Å². The fraction of sp³-hybridized carbons (Fsp3) is 0.900. The van der Waals surface area contributed by atoms with Crippen LogP contribution in [0.5, 0.6) is 0 Å². The molecule has 0 aromatic carbocycles. The maximum Gasteiger partial charge on any atom is 0.326 e. The van der Waals surface area contributed by atoms with Gasteiger partial charge in [-0.15, -0.1) is 0 Å². The van der Waals surface area contributed by atoms with Crippen molar-refractivity contribution in [2.75, 3.05) is 26.7 Å². The minimum atomic E-state index is -0.485. The Morgan fingerprint density at radius 3 is 2.93 bits per heavy atom. The summed E-state index contributed by atoms with van der Waals surface area (Å²) in [6, 6.07) is 0. The molecule has 0 aliphatic carbocycles. The Labute approximate surface area is 85.4 Å². The molecule has 0 aromatic heterocycles. The maximum absolute atomic E-state index is 11.8. The van der Waals surface area contributed by atoms with E-state index in [0.29, 0.717) is 6.61 Å². The minimum absolute atomic E-state index is 0.114. The average molecular weight is 200 g/mol. The van der Waals surface area contributed by atoms with Gasteiger partial charge in [-0.25, -0.2) is 0 Å². The van der Waals surface area contributed by atoms with E-state index < -0.39 is 5.54 Å². The van der Waals surface area contributed by atoms with E-state index in [1.165, 1.54) is 0 Å². The van der Waals surface area contributed by atoms with Crippen LogP contribution in [0.4, 0.5) is 0 Å². The van der Waals surface area contributed by atoms with E-state index >= 15 is 0 Å². The van der Waals surface area contributed by atoms with Crippen molar-refractivity contribution in [2.45, 2.75) is 25.8 Å². The molecule has 2 atom stereocenters. The quantitative estimate of drug-likeness (QED) is 0.636. The van der Waals surface area contributed by atoms with Crippen molar-refractivity contribution < 1.29 is 9.53 Å². The van der Waals surface area contributed by atoms with E-state index in [1.54, 1.807) is 0 Å². The fourth-order valence-corrected chi connectivity index (χ4v) is 2.06. The number of ether oxygens (including phenoxy) is 1. The normalized spacial score (nSPS) is 32.6. The lowest BCUT2D eigenvalue weighted by Crippen LogP contribution is -2.62. The summed E-state index contributed by atoms with van der Waals surface area (Å²) in [6.45, 7) is 6.08. The first-order valence-electron chi connectivity index (χ1n) is 5.24. The second-order valence-corrected chi connectivity index (χ2v) is 3.80. The van der Waals surface area contributed by atoms with Crippen LogP contribution in [0.2, 0.25) is 0 Å². The van der Waals surface area contributed by atoms with Crippen molar-refractivity contribution in [2.24, 2.45) is 5.92 Å². The zero-order chi connectivity index (χ0) is 10.6. The van der Waals surface area contributed by atoms with Crippen LogP contribution in [0.25, 0.3) is 0 Å². The van der Waals surface area contributed by atoms with Crippen LogP contribution in [0.15, 0.2) is 0 Å². The molecule has 1 rings (SSSR count). The first-order valence-corrected chi connectivity index (χ1v) is 5.24. The lowest BCUT2D eigenvalue weighted by Gasteiger charge is -2.40. The van der Waals surface area contributed by atoms with Crippen LogP contribution < -0.4 is 10.6 Å². The smallest absolute Gasteiger partial charge is 0.326 e. The van der Waals surface area contributed by atoms with Crippen LogP contribution in [0.1, 0.15) is 20.3 Å². The van der Waals surface area contributed by atoms with Crippen molar-refractivity contribution in [3.63, 3.8) is 0 Å². The van der Waals surface area contributed by atoms with Gasteiger partial charge >= 0.3 is 5.97 Å². The van der Waals surface area contributed by atoms with Gasteiger partial charge in [0, 0.05) is 6.54 Å². The highest BCUT2D eigenvalue weighted by Gasteiger charge is 2.44. The number of carbonyl (C=O) groups is 1. The van der Waals surface area contributed by atoms with Crippen LogP contribution in [0.3, 0.4) is 0 Å². The highest BCUT2D eigenvalue weighted by molar-refractivity contribution is 5.81. The van der Waals surface area contributed by atoms with E-state index in [4.69, 9.17) is 4.74 Å². The van der Waals surface area contributed by atoms with E-state index in [9.17, 15) is 4.79 Å². The largest absolute Gasteiger partial charge is 0.465 e. The molecule has 0 amide bonds. The van der Waals surface area contributed by atoms with Crippen LogP contribution in [0, 0.1) is 5.92 Å². The van der Waals surface area contributed by atoms with Gasteiger partial charge < -0.3 is 15.4 Å². The third kappa shape index (κ3) is 1.91. The molecule has 1 heterocycles. The van der Waals surface area contributed by atoms with E-state index in [0.717, 1.165) is 19.5 Å². The van der Waals surface area contributed by atoms with Gasteiger partial charge in [-0.2, -0.15) is 0 Å². The standard InChI is InChI=1S/C10H20N2O2/c1-4-14-9(13)10(11-3)5-6-12-7-8(10)2/h8,11-12H,4-7H2,1-3H3. The summed E-state index contributed by atoms with van der Waals surface area (Å²) in [4.78, 5) is 11.8. The first-order chi connectivity index (χ1) is 6.67. The fourth-order valence-electron chi connectivity index (χ4n) is 2.06. The molecule has 2 unspecified atom stereocenters. The molecule has 82 valence electrons. The Balaban J connectivity index is 2.76. The monoisotopic (exact) mass is 200 g/mol. The zero-order valence-corrected chi connectivity index (χ0v) is 9.22. The Morgan fingerprint density at radius 1 is 1.71 bits per heavy atom. The van der Waals surface area contributed by atoms with E-state index in [1.807, 2.05) is 14.0 Å². The topological polar surface area (TPSA) is 50.4 Å². The van der Waals surface area contributed by atoms with Crippen molar-refractivity contribution >= 4 is 5.97 Å². The first kappa shape index (κ1) is 11.5. The third-order valence-electron chi connectivity index (χ3n) is 3.07. The SMILES string of the molecule is CCOC(=O)C1(NC)CCNCC1C. The lowest BCUT2D eigenvalue weighted by molar-refractivity contribution is -0.154. The van der Waals surface area contributed by atoms with Gasteiger partial charge in [0.25, 0.3) is 0 Å². The van der Waals surface area contributed by atoms with Gasteiger partial charge in [-0.3, -0.25) is 4.79 Å². The Kier molecular flexibility index (Phi) is 3.89. The highest BCUT2D eigenvalue weighted by atomic mass is 16.5. The van der Waals surface area contributed by atoms with Crippen LogP contribution in [-0.4, -0.2) is 38.3 Å². The molecule has 4 heteroatoms. The number of esters is 1. The number of rotatable bonds is 3. The third-order valence-corrected chi connectivity index (χ3v) is 3.07. The minimum Gasteiger partial charge on any atom is -0.465 e. The lowest BCUT2D eigenvalue weighted by atomic mass is 9.79. The van der Waals surface area contributed by atoms with E-state index in [-0.39, 0.29) is 11.9 Å². The second kappa shape index (κ2) is 4.75. The van der Waals surface area contributed by atoms with Crippen molar-refractivity contribution in [3.8, 4) is 0 Å². The molecule has 0 spiro atoms. The summed E-state index contributed by atoms with van der Waals surface area (Å²) < 4.78 is 5.12. The van der Waals surface area contributed by atoms with Gasteiger partial charge in [0.1, 0.15) is 5.54 Å². The number of hydrogen-bond donors (Lipinski definition) is 2. The van der Waals surface area contributed by atoms with Crippen LogP contribution in [-0.2, 0) is 9.53 Å². The number of likely N-dealkylation sites (N-methyl/N-ethyl adjacent to an activating group) is 1. The summed E-state index contributed by atoms with van der Waals surface area (Å²) in [5.74, 6) is 0.150. The summed E-state index contributed by atoms with van der Waals surface area (Å²) in [6.07, 6.45) is 0.795. The number of piperidine rings is 1. The van der Waals surface area contributed by atoms with Crippen molar-refractivity contribution in [1.82, 2.24) is 10.6 Å². The number of nitrogens with one attached hydrogen (secondary N) is 2. The van der Waals surface area contributed by atoms with Gasteiger partial charge in [-0.05, 0) is 32.9 Å². The molecule has 1 aliphatic rings. The predicted molar refractivity (Wildman–Crippen MR) is 55.1 cm³/mol. The Morgan fingerprint density at radius 2 is 2.43 bits per heavy atom. The molecule has 4 nitrogen and oxygen atoms in total. The Hall–Kier alpha value is -0.610. The summed E-state index contributed by atoms with van der Waals surface area (Å²) in [5, 5.41) is 6.41. The molecule has 14 heavy (non-hydrogen) atoms. The average Bonchev–Trinajstić information content (AvgIpc) is 2.19. The predicted octanol–water partition coefficient (Wildman–Crippen LogP) is 0.137. The molecule has 0 bridgehead atoms. The highest BCUT2D eigenvalue weighted by Crippen LogP contribution is 2.25. The van der Waals surface area contributed by atoms with Crippen molar-refractivity contribution in [1.29, 1.82) is 0 Å². The molecule has 0 radical (unpaired) electrons. The van der Waals surface area contributed by atoms with Gasteiger partial charge in [0.05, 0.1) is 6.61 Å². The van der Waals surface area contributed by atoms with Crippen molar-refractivity contribution in [3.05, 3.63) is 0 Å². The van der Waals surface area contributed by atoms with Gasteiger partial charge in [0.2, 0.25) is 0 Å². The molecule has 0 aromatic rings. The number of hydrogen-bond acceptors (Lipinski definition) is 4. The summed E-state index contributed by atoms with van der Waals surface area (Å²) >= 11 is 0. The maximum atomic E-state index is 11.8. The summed E-state index contributed by atoms with van der Waals surface area (Å²) in [5.41, 5.74) is -0.485. The molecule has 2 N–H and O–H groups in total. The molecule has 1 fully saturated rings. The molecule has 0 saturated carbocycles. The van der Waals surface area contributed by atoms with E-state index in [2.05, 4.69) is 17.6 Å². The molecule has 1 aliphatic heterocycles. The molecular formula is C10H20N2O2.